The number of sulfonamides is 1. The van der Waals surface area contributed by atoms with Crippen LogP contribution in [0.1, 0.15) is 11.1 Å². The SMILES string of the molecule is C=CCOc1ccc(/C=N\NC(=O)CN(c2cccc(Cl)c2C)S(=O)(=O)c2ccccc2)cc1OC. The van der Waals surface area contributed by atoms with Gasteiger partial charge >= 0.3 is 0 Å². The summed E-state index contributed by atoms with van der Waals surface area (Å²) in [6.45, 7) is 5.12. The molecule has 0 aliphatic rings. The third kappa shape index (κ3) is 6.44. The molecule has 0 atom stereocenters. The Morgan fingerprint density at radius 3 is 2.56 bits per heavy atom. The first-order valence-corrected chi connectivity index (χ1v) is 12.7. The lowest BCUT2D eigenvalue weighted by Gasteiger charge is -2.25. The molecular weight excluding hydrogens is 502 g/mol. The Hall–Kier alpha value is -3.82. The van der Waals surface area contributed by atoms with Crippen LogP contribution in [0.15, 0.2) is 89.4 Å². The van der Waals surface area contributed by atoms with Crippen LogP contribution in [0, 0.1) is 6.92 Å². The zero-order valence-electron chi connectivity index (χ0n) is 19.8. The van der Waals surface area contributed by atoms with Gasteiger partial charge in [0.1, 0.15) is 13.2 Å². The van der Waals surface area contributed by atoms with E-state index in [0.29, 0.717) is 39.9 Å². The van der Waals surface area contributed by atoms with E-state index in [0.717, 1.165) is 4.31 Å². The molecule has 0 aromatic heterocycles. The number of nitrogens with one attached hydrogen (secondary N) is 1. The molecule has 1 amide bonds. The third-order valence-electron chi connectivity index (χ3n) is 5.07. The molecule has 0 saturated heterocycles. The highest BCUT2D eigenvalue weighted by molar-refractivity contribution is 7.92. The standard InChI is InChI=1S/C26H26ClN3O5S/c1-4-15-35-24-14-13-20(16-25(24)34-3)17-28-29-26(31)18-30(23-12-8-11-22(27)19(23)2)36(32,33)21-9-6-5-7-10-21/h4-14,16-17H,1,15,18H2,2-3H3,(H,29,31)/b28-17-. The van der Waals surface area contributed by atoms with Crippen molar-refractivity contribution >= 4 is 39.4 Å². The summed E-state index contributed by atoms with van der Waals surface area (Å²) in [5.74, 6) is 0.393. The molecule has 0 aliphatic carbocycles. The number of hydrazone groups is 1. The number of hydrogen-bond acceptors (Lipinski definition) is 6. The Balaban J connectivity index is 1.81. The minimum Gasteiger partial charge on any atom is -0.493 e. The molecule has 36 heavy (non-hydrogen) atoms. The van der Waals surface area contributed by atoms with Crippen molar-refractivity contribution in [2.75, 3.05) is 24.6 Å². The molecule has 0 fully saturated rings. The smallest absolute Gasteiger partial charge is 0.264 e. The molecule has 0 unspecified atom stereocenters. The van der Waals surface area contributed by atoms with Crippen LogP contribution in [-0.2, 0) is 14.8 Å². The highest BCUT2D eigenvalue weighted by atomic mass is 35.5. The minimum atomic E-state index is -4.06. The topological polar surface area (TPSA) is 97.3 Å². The number of nitrogens with zero attached hydrogens (tertiary/aromatic N) is 2. The maximum absolute atomic E-state index is 13.4. The van der Waals surface area contributed by atoms with E-state index in [1.807, 2.05) is 0 Å². The van der Waals surface area contributed by atoms with Crippen molar-refractivity contribution in [1.82, 2.24) is 5.43 Å². The maximum Gasteiger partial charge on any atom is 0.264 e. The van der Waals surface area contributed by atoms with E-state index in [1.165, 1.54) is 25.5 Å². The summed E-state index contributed by atoms with van der Waals surface area (Å²) in [7, 11) is -2.55. The summed E-state index contributed by atoms with van der Waals surface area (Å²) >= 11 is 6.24. The van der Waals surface area contributed by atoms with Gasteiger partial charge in [-0.05, 0) is 60.5 Å². The van der Waals surface area contributed by atoms with Gasteiger partial charge in [0.25, 0.3) is 15.9 Å². The Morgan fingerprint density at radius 1 is 1.11 bits per heavy atom. The molecule has 3 aromatic rings. The largest absolute Gasteiger partial charge is 0.493 e. The van der Waals surface area contributed by atoms with Crippen LogP contribution in [0.4, 0.5) is 5.69 Å². The predicted molar refractivity (Wildman–Crippen MR) is 142 cm³/mol. The molecule has 3 aromatic carbocycles. The fourth-order valence-corrected chi connectivity index (χ4v) is 4.93. The second-order valence-corrected chi connectivity index (χ2v) is 9.78. The van der Waals surface area contributed by atoms with Crippen molar-refractivity contribution in [3.63, 3.8) is 0 Å². The Bertz CT molecular complexity index is 1360. The van der Waals surface area contributed by atoms with Gasteiger partial charge in [-0.15, -0.1) is 0 Å². The summed E-state index contributed by atoms with van der Waals surface area (Å²) in [4.78, 5) is 12.8. The van der Waals surface area contributed by atoms with Crippen LogP contribution in [0.2, 0.25) is 5.02 Å². The Kier molecular flexibility index (Phi) is 9.10. The molecule has 0 aliphatic heterocycles. The van der Waals surface area contributed by atoms with Gasteiger partial charge in [0.05, 0.1) is 23.9 Å². The van der Waals surface area contributed by atoms with Gasteiger partial charge in [0.15, 0.2) is 11.5 Å². The van der Waals surface area contributed by atoms with Crippen LogP contribution in [-0.4, -0.2) is 40.8 Å². The first kappa shape index (κ1) is 26.8. The molecule has 3 rings (SSSR count). The number of carbonyl (C=O) groups is 1. The third-order valence-corrected chi connectivity index (χ3v) is 7.26. The van der Waals surface area contributed by atoms with Gasteiger partial charge in [-0.3, -0.25) is 9.10 Å². The minimum absolute atomic E-state index is 0.0477. The maximum atomic E-state index is 13.4. The first-order chi connectivity index (χ1) is 17.3. The van der Waals surface area contributed by atoms with Crippen LogP contribution in [0.25, 0.3) is 0 Å². The van der Waals surface area contributed by atoms with Crippen molar-refractivity contribution in [3.8, 4) is 11.5 Å². The number of methoxy groups -OCH3 is 1. The first-order valence-electron chi connectivity index (χ1n) is 10.8. The quantitative estimate of drug-likeness (QED) is 0.224. The van der Waals surface area contributed by atoms with Crippen molar-refractivity contribution in [2.45, 2.75) is 11.8 Å². The zero-order valence-corrected chi connectivity index (χ0v) is 21.4. The Morgan fingerprint density at radius 2 is 1.86 bits per heavy atom. The van der Waals surface area contributed by atoms with Gasteiger partial charge in [-0.2, -0.15) is 5.10 Å². The summed E-state index contributed by atoms with van der Waals surface area (Å²) in [6, 6.07) is 17.9. The number of ether oxygens (including phenoxy) is 2. The lowest BCUT2D eigenvalue weighted by Crippen LogP contribution is -2.40. The summed E-state index contributed by atoms with van der Waals surface area (Å²) in [6.07, 6.45) is 3.04. The summed E-state index contributed by atoms with van der Waals surface area (Å²) < 4.78 is 38.7. The molecule has 1 N–H and O–H groups in total. The van der Waals surface area contributed by atoms with Crippen molar-refractivity contribution in [3.05, 3.63) is 95.5 Å². The number of anilines is 1. The zero-order chi connectivity index (χ0) is 26.1. The molecule has 0 radical (unpaired) electrons. The molecule has 0 spiro atoms. The van der Waals surface area contributed by atoms with E-state index in [9.17, 15) is 13.2 Å². The molecule has 0 bridgehead atoms. The van der Waals surface area contributed by atoms with Crippen molar-refractivity contribution in [2.24, 2.45) is 5.10 Å². The van der Waals surface area contributed by atoms with Crippen LogP contribution >= 0.6 is 11.6 Å². The monoisotopic (exact) mass is 527 g/mol. The van der Waals surface area contributed by atoms with E-state index in [-0.39, 0.29) is 4.90 Å². The van der Waals surface area contributed by atoms with Gasteiger partial charge < -0.3 is 9.47 Å². The average molecular weight is 528 g/mol. The summed E-state index contributed by atoms with van der Waals surface area (Å²) in [5.41, 5.74) is 3.84. The predicted octanol–water partition coefficient (Wildman–Crippen LogP) is 4.57. The lowest BCUT2D eigenvalue weighted by atomic mass is 10.2. The second-order valence-electron chi connectivity index (χ2n) is 7.51. The van der Waals surface area contributed by atoms with E-state index in [2.05, 4.69) is 17.1 Å². The number of benzene rings is 3. The Labute approximate surface area is 215 Å². The highest BCUT2D eigenvalue weighted by Gasteiger charge is 2.28. The van der Waals surface area contributed by atoms with Gasteiger partial charge in [0, 0.05) is 5.02 Å². The van der Waals surface area contributed by atoms with Gasteiger partial charge in [-0.25, -0.2) is 13.8 Å². The fraction of sp³-hybridized carbons (Fsp3) is 0.154. The average Bonchev–Trinajstić information content (AvgIpc) is 2.88. The molecule has 0 saturated carbocycles. The highest BCUT2D eigenvalue weighted by Crippen LogP contribution is 2.31. The van der Waals surface area contributed by atoms with Crippen LogP contribution in [0.3, 0.4) is 0 Å². The number of hydrogen-bond donors (Lipinski definition) is 1. The normalized spacial score (nSPS) is 11.2. The molecule has 0 heterocycles. The summed E-state index contributed by atoms with van der Waals surface area (Å²) in [5, 5.41) is 4.35. The fourth-order valence-electron chi connectivity index (χ4n) is 3.26. The number of rotatable bonds is 11. The van der Waals surface area contributed by atoms with Crippen LogP contribution < -0.4 is 19.2 Å². The van der Waals surface area contributed by atoms with E-state index < -0.39 is 22.5 Å². The number of halogens is 1. The molecule has 188 valence electrons. The van der Waals surface area contributed by atoms with Crippen molar-refractivity contribution < 1.29 is 22.7 Å². The van der Waals surface area contributed by atoms with Gasteiger partial charge in [0.2, 0.25) is 0 Å². The van der Waals surface area contributed by atoms with Gasteiger partial charge in [-0.1, -0.05) is 48.5 Å². The lowest BCUT2D eigenvalue weighted by molar-refractivity contribution is -0.119. The number of amides is 1. The van der Waals surface area contributed by atoms with E-state index >= 15 is 0 Å². The molecule has 8 nitrogen and oxygen atoms in total. The molecular formula is C26H26ClN3O5S. The number of carbonyl (C=O) groups excluding carboxylic acids is 1. The van der Waals surface area contributed by atoms with E-state index in [1.54, 1.807) is 67.6 Å². The van der Waals surface area contributed by atoms with E-state index in [4.69, 9.17) is 21.1 Å². The van der Waals surface area contributed by atoms with Crippen LogP contribution in [0.5, 0.6) is 11.5 Å². The molecule has 10 heteroatoms. The van der Waals surface area contributed by atoms with Crippen molar-refractivity contribution in [1.29, 1.82) is 0 Å². The second kappa shape index (κ2) is 12.2.